The number of aliphatic hydroxyl groups excluding tert-OH is 4. The zero-order valence-electron chi connectivity index (χ0n) is 13.8. The second-order valence-corrected chi connectivity index (χ2v) is 9.16. The van der Waals surface area contributed by atoms with Gasteiger partial charge in [-0.3, -0.25) is 0 Å². The molecule has 3 rings (SSSR count). The van der Waals surface area contributed by atoms with Crippen LogP contribution in [0.5, 0.6) is 0 Å². The normalized spacial score (nSPS) is 32.3. The van der Waals surface area contributed by atoms with Gasteiger partial charge >= 0.3 is 0 Å². The minimum absolute atomic E-state index is 0.221. The summed E-state index contributed by atoms with van der Waals surface area (Å²) >= 11 is 0. The molecule has 1 unspecified atom stereocenters. The standard InChI is InChI=1S/C18H21O7P/c19-11-14-18(23,16(21)15(20)17(22)25-14)26(24,12-7-3-1-4-8-12)13-9-5-2-6-10-13/h1-10,14-17,19-23H,11H2/t14-,15-,16-,17?,18+/m1/s1. The monoisotopic (exact) mass is 380 g/mol. The quantitative estimate of drug-likeness (QED) is 0.436. The Bertz CT molecular complexity index is 737. The predicted octanol–water partition coefficient (Wildman–Crippen LogP) is -0.880. The van der Waals surface area contributed by atoms with Crippen molar-refractivity contribution in [1.29, 1.82) is 0 Å². The molecule has 1 aliphatic heterocycles. The number of ether oxygens (including phenoxy) is 1. The van der Waals surface area contributed by atoms with Gasteiger partial charge in [0.05, 0.1) is 6.61 Å². The van der Waals surface area contributed by atoms with Crippen molar-refractivity contribution in [2.24, 2.45) is 0 Å². The predicted molar refractivity (Wildman–Crippen MR) is 94.7 cm³/mol. The SMILES string of the molecule is O=P(c1ccccc1)(c1ccccc1)[C@]1(O)[C@H](O)[C@@H](O)C(O)O[C@@H]1CO. The first-order valence-corrected chi connectivity index (χ1v) is 9.82. The molecule has 2 aromatic rings. The molecule has 1 saturated heterocycles. The highest BCUT2D eigenvalue weighted by molar-refractivity contribution is 7.80. The minimum atomic E-state index is -4.05. The van der Waals surface area contributed by atoms with Crippen LogP contribution in [0.15, 0.2) is 60.7 Å². The Balaban J connectivity index is 2.29. The second kappa shape index (κ2) is 7.21. The van der Waals surface area contributed by atoms with Gasteiger partial charge in [-0.1, -0.05) is 60.7 Å². The first-order valence-electron chi connectivity index (χ1n) is 8.11. The lowest BCUT2D eigenvalue weighted by molar-refractivity contribution is -0.298. The molecule has 0 saturated carbocycles. The van der Waals surface area contributed by atoms with Crippen LogP contribution < -0.4 is 10.6 Å². The molecule has 5 atom stereocenters. The molecule has 1 heterocycles. The smallest absolute Gasteiger partial charge is 0.184 e. The maximum Gasteiger partial charge on any atom is 0.184 e. The zero-order chi connectivity index (χ0) is 18.9. The van der Waals surface area contributed by atoms with E-state index in [1.807, 2.05) is 0 Å². The summed E-state index contributed by atoms with van der Waals surface area (Å²) in [7, 11) is -4.05. The minimum Gasteiger partial charge on any atom is -0.394 e. The molecule has 0 bridgehead atoms. The number of hydrogen-bond acceptors (Lipinski definition) is 7. The summed E-state index contributed by atoms with van der Waals surface area (Å²) in [4.78, 5) is 0. The van der Waals surface area contributed by atoms with Crippen LogP contribution in [0.4, 0.5) is 0 Å². The summed E-state index contributed by atoms with van der Waals surface area (Å²) < 4.78 is 19.4. The van der Waals surface area contributed by atoms with E-state index in [0.717, 1.165) is 0 Å². The number of rotatable bonds is 4. The van der Waals surface area contributed by atoms with Gasteiger partial charge in [0.15, 0.2) is 18.8 Å². The molecule has 1 aliphatic rings. The van der Waals surface area contributed by atoms with Crippen LogP contribution >= 0.6 is 7.14 Å². The van der Waals surface area contributed by atoms with Crippen LogP contribution in [0.1, 0.15) is 0 Å². The van der Waals surface area contributed by atoms with Crippen molar-refractivity contribution in [3.8, 4) is 0 Å². The van der Waals surface area contributed by atoms with E-state index in [1.165, 1.54) is 24.3 Å². The fourth-order valence-corrected chi connectivity index (χ4v) is 6.73. The van der Waals surface area contributed by atoms with Crippen LogP contribution in [0.25, 0.3) is 0 Å². The number of hydrogen-bond donors (Lipinski definition) is 5. The highest BCUT2D eigenvalue weighted by atomic mass is 31.2. The Labute approximate surface area is 150 Å². The molecule has 5 N–H and O–H groups in total. The van der Waals surface area contributed by atoms with Crippen LogP contribution in [-0.2, 0) is 9.30 Å². The largest absolute Gasteiger partial charge is 0.394 e. The molecule has 8 heteroatoms. The highest BCUT2D eigenvalue weighted by Crippen LogP contribution is 2.60. The number of aliphatic hydroxyl groups is 5. The molecular weight excluding hydrogens is 359 g/mol. The average molecular weight is 380 g/mol. The molecule has 0 spiro atoms. The van der Waals surface area contributed by atoms with Crippen molar-refractivity contribution in [2.45, 2.75) is 29.9 Å². The van der Waals surface area contributed by atoms with Gasteiger partial charge in [-0.05, 0) is 0 Å². The van der Waals surface area contributed by atoms with Gasteiger partial charge in [-0.2, -0.15) is 0 Å². The highest BCUT2D eigenvalue weighted by Gasteiger charge is 2.64. The lowest BCUT2D eigenvalue weighted by Gasteiger charge is -2.50. The van der Waals surface area contributed by atoms with Crippen molar-refractivity contribution >= 4 is 17.8 Å². The molecule has 0 amide bonds. The van der Waals surface area contributed by atoms with Gasteiger partial charge in [-0.15, -0.1) is 0 Å². The molecule has 7 nitrogen and oxygen atoms in total. The number of benzene rings is 2. The molecule has 0 aliphatic carbocycles. The Hall–Kier alpha value is -1.57. The molecular formula is C18H21O7P. The van der Waals surface area contributed by atoms with Crippen LogP contribution in [0, 0.1) is 0 Å². The maximum absolute atomic E-state index is 14.3. The average Bonchev–Trinajstić information content (AvgIpc) is 2.69. The Kier molecular flexibility index (Phi) is 5.33. The summed E-state index contributed by atoms with van der Waals surface area (Å²) in [6.45, 7) is -0.818. The lowest BCUT2D eigenvalue weighted by atomic mass is 9.98. The van der Waals surface area contributed by atoms with E-state index in [9.17, 15) is 30.1 Å². The van der Waals surface area contributed by atoms with Crippen molar-refractivity contribution in [3.05, 3.63) is 60.7 Å². The van der Waals surface area contributed by atoms with Crippen molar-refractivity contribution in [3.63, 3.8) is 0 Å². The maximum atomic E-state index is 14.3. The molecule has 2 aromatic carbocycles. The molecule has 1 fully saturated rings. The van der Waals surface area contributed by atoms with E-state index in [2.05, 4.69) is 0 Å². The Morgan fingerprint density at radius 1 is 0.923 bits per heavy atom. The first-order chi connectivity index (χ1) is 12.4. The second-order valence-electron chi connectivity index (χ2n) is 6.20. The molecule has 0 aromatic heterocycles. The summed E-state index contributed by atoms with van der Waals surface area (Å²) in [5, 5.41) is 49.4. The van der Waals surface area contributed by atoms with Crippen molar-refractivity contribution in [2.75, 3.05) is 6.61 Å². The molecule has 0 radical (unpaired) electrons. The summed E-state index contributed by atoms with van der Waals surface area (Å²) in [6, 6.07) is 16.1. The molecule has 26 heavy (non-hydrogen) atoms. The fourth-order valence-electron chi connectivity index (χ4n) is 3.35. The van der Waals surface area contributed by atoms with E-state index >= 15 is 0 Å². The van der Waals surface area contributed by atoms with E-state index in [4.69, 9.17) is 4.74 Å². The van der Waals surface area contributed by atoms with Gasteiger partial charge in [-0.25, -0.2) is 0 Å². The van der Waals surface area contributed by atoms with E-state index in [0.29, 0.717) is 0 Å². The lowest BCUT2D eigenvalue weighted by Crippen LogP contribution is -2.68. The van der Waals surface area contributed by atoms with E-state index < -0.39 is 43.7 Å². The Morgan fingerprint density at radius 2 is 1.38 bits per heavy atom. The van der Waals surface area contributed by atoms with Gasteiger partial charge in [0.1, 0.15) is 18.3 Å². The zero-order valence-corrected chi connectivity index (χ0v) is 14.7. The summed E-state index contributed by atoms with van der Waals surface area (Å²) in [6.07, 6.45) is -7.33. The van der Waals surface area contributed by atoms with Crippen molar-refractivity contribution in [1.82, 2.24) is 0 Å². The van der Waals surface area contributed by atoms with Gasteiger partial charge in [0, 0.05) is 10.6 Å². The fraction of sp³-hybridized carbons (Fsp3) is 0.333. The molecule has 140 valence electrons. The first kappa shape index (κ1) is 19.2. The topological polar surface area (TPSA) is 127 Å². The van der Waals surface area contributed by atoms with Crippen LogP contribution in [-0.4, -0.2) is 62.1 Å². The van der Waals surface area contributed by atoms with E-state index in [-0.39, 0.29) is 10.6 Å². The summed E-state index contributed by atoms with van der Waals surface area (Å²) in [5.41, 5.74) is 0. The van der Waals surface area contributed by atoms with Crippen LogP contribution in [0.2, 0.25) is 0 Å². The van der Waals surface area contributed by atoms with Crippen molar-refractivity contribution < 1.29 is 34.8 Å². The van der Waals surface area contributed by atoms with Gasteiger partial charge < -0.3 is 34.8 Å². The van der Waals surface area contributed by atoms with Gasteiger partial charge in [0.2, 0.25) is 0 Å². The third-order valence-electron chi connectivity index (χ3n) is 4.74. The van der Waals surface area contributed by atoms with E-state index in [1.54, 1.807) is 36.4 Å². The summed E-state index contributed by atoms with van der Waals surface area (Å²) in [5.74, 6) is 0. The third-order valence-corrected chi connectivity index (χ3v) is 8.35. The van der Waals surface area contributed by atoms with Crippen LogP contribution in [0.3, 0.4) is 0 Å². The van der Waals surface area contributed by atoms with Gasteiger partial charge in [0.25, 0.3) is 0 Å². The Morgan fingerprint density at radius 3 is 1.81 bits per heavy atom. The third kappa shape index (κ3) is 2.73.